The Bertz CT molecular complexity index is 1570. The zero-order chi connectivity index (χ0) is 27.3. The fourth-order valence-corrected chi connectivity index (χ4v) is 5.64. The summed E-state index contributed by atoms with van der Waals surface area (Å²) in [5.74, 6) is -1.22. The van der Waals surface area contributed by atoms with E-state index in [0.29, 0.717) is 23.8 Å². The number of alkyl halides is 2. The van der Waals surface area contributed by atoms with Gasteiger partial charge in [-0.1, -0.05) is 30.2 Å². The van der Waals surface area contributed by atoms with Gasteiger partial charge in [0.25, 0.3) is 5.91 Å². The molecule has 0 atom stereocenters. The van der Waals surface area contributed by atoms with E-state index in [1.807, 2.05) is 6.07 Å². The minimum Gasteiger partial charge on any atom is -0.451 e. The van der Waals surface area contributed by atoms with Gasteiger partial charge in [-0.3, -0.25) is 9.59 Å². The fourth-order valence-electron chi connectivity index (χ4n) is 5.01. The number of hydrogen-bond acceptors (Lipinski definition) is 5. The first-order chi connectivity index (χ1) is 17.8. The zero-order valence-corrected chi connectivity index (χ0v) is 21.7. The van der Waals surface area contributed by atoms with Gasteiger partial charge < -0.3 is 9.73 Å². The van der Waals surface area contributed by atoms with Gasteiger partial charge in [0.1, 0.15) is 5.58 Å². The van der Waals surface area contributed by atoms with E-state index in [4.69, 9.17) is 10.8 Å². The van der Waals surface area contributed by atoms with Crippen molar-refractivity contribution in [1.29, 1.82) is 0 Å². The molecule has 0 spiro atoms. The third-order valence-corrected chi connectivity index (χ3v) is 8.87. The second kappa shape index (κ2) is 9.05. The molecule has 3 aromatic rings. The van der Waals surface area contributed by atoms with Gasteiger partial charge in [0.2, 0.25) is 5.92 Å². The van der Waals surface area contributed by atoms with Crippen LogP contribution in [0, 0.1) is 17.8 Å². The van der Waals surface area contributed by atoms with E-state index in [0.717, 1.165) is 17.4 Å². The molecule has 0 aliphatic heterocycles. The van der Waals surface area contributed by atoms with Crippen molar-refractivity contribution in [2.24, 2.45) is 5.41 Å². The Kier molecular flexibility index (Phi) is 6.22. The number of fused-ring (bicyclic) bond motifs is 1. The molecule has 0 radical (unpaired) electrons. The average Bonchev–Trinajstić information content (AvgIpc) is 3.51. The van der Waals surface area contributed by atoms with Gasteiger partial charge in [0.05, 0.1) is 10.4 Å². The van der Waals surface area contributed by atoms with Crippen LogP contribution >= 0.6 is 0 Å². The van der Waals surface area contributed by atoms with Crippen molar-refractivity contribution in [1.82, 2.24) is 5.32 Å². The monoisotopic (exact) mass is 539 g/mol. The summed E-state index contributed by atoms with van der Waals surface area (Å²) in [6.07, 6.45) is 6.87. The molecule has 38 heavy (non-hydrogen) atoms. The van der Waals surface area contributed by atoms with E-state index in [2.05, 4.69) is 11.2 Å². The number of hydrogen-bond donors (Lipinski definition) is 1. The molecule has 198 valence electrons. The summed E-state index contributed by atoms with van der Waals surface area (Å²) in [6.45, 7) is 0. The van der Waals surface area contributed by atoms with Crippen LogP contribution in [0.4, 0.5) is 8.78 Å². The van der Waals surface area contributed by atoms with Crippen molar-refractivity contribution in [3.8, 4) is 23.5 Å². The Morgan fingerprint density at radius 3 is 2.18 bits per heavy atom. The number of terminal acetylenes is 1. The van der Waals surface area contributed by atoms with Gasteiger partial charge in [-0.2, -0.15) is 0 Å². The lowest BCUT2D eigenvalue weighted by molar-refractivity contribution is -0.131. The molecule has 2 aliphatic carbocycles. The third kappa shape index (κ3) is 5.10. The van der Waals surface area contributed by atoms with E-state index >= 15 is 0 Å². The van der Waals surface area contributed by atoms with Crippen LogP contribution in [0.25, 0.3) is 22.1 Å². The summed E-state index contributed by atoms with van der Waals surface area (Å²) in [6, 6.07) is 13.3. The first-order valence-electron chi connectivity index (χ1n) is 12.4. The highest BCUT2D eigenvalue weighted by atomic mass is 32.2. The molecule has 1 heterocycles. The Labute approximate surface area is 219 Å². The van der Waals surface area contributed by atoms with Gasteiger partial charge in [-0.05, 0) is 61.1 Å². The van der Waals surface area contributed by atoms with Crippen molar-refractivity contribution < 1.29 is 31.2 Å². The van der Waals surface area contributed by atoms with Gasteiger partial charge >= 0.3 is 0 Å². The highest BCUT2D eigenvalue weighted by molar-refractivity contribution is 7.90. The molecule has 0 saturated heterocycles. The van der Waals surface area contributed by atoms with Crippen LogP contribution in [-0.2, 0) is 14.6 Å². The van der Waals surface area contributed by atoms with E-state index in [9.17, 15) is 26.8 Å². The molecular weight excluding hydrogens is 512 g/mol. The predicted molar refractivity (Wildman–Crippen MR) is 138 cm³/mol. The normalized spacial score (nSPS) is 19.4. The summed E-state index contributed by atoms with van der Waals surface area (Å²) >= 11 is 0. The summed E-state index contributed by atoms with van der Waals surface area (Å²) in [5.41, 5.74) is -0.0265. The van der Waals surface area contributed by atoms with E-state index in [-0.39, 0.29) is 35.7 Å². The lowest BCUT2D eigenvalue weighted by Crippen LogP contribution is -2.58. The maximum atomic E-state index is 14.0. The Morgan fingerprint density at radius 1 is 0.974 bits per heavy atom. The lowest BCUT2D eigenvalue weighted by atomic mass is 9.74. The van der Waals surface area contributed by atoms with Crippen LogP contribution in [0.2, 0.25) is 0 Å². The van der Waals surface area contributed by atoms with Crippen LogP contribution in [0.1, 0.15) is 55.5 Å². The van der Waals surface area contributed by atoms with Crippen molar-refractivity contribution in [3.63, 3.8) is 0 Å². The highest BCUT2D eigenvalue weighted by Crippen LogP contribution is 2.50. The van der Waals surface area contributed by atoms with E-state index < -0.39 is 45.5 Å². The molecule has 1 aromatic heterocycles. The van der Waals surface area contributed by atoms with Gasteiger partial charge in [0, 0.05) is 36.3 Å². The summed E-state index contributed by atoms with van der Waals surface area (Å²) in [4.78, 5) is 26.8. The SMILES string of the molecule is C#CC1(CC(=O)C2(NC(=O)c3cc4ccc(-c5ccc(S(C)(=O)=O)cc5)cc4o3)CCC(F)(F)CC2)CC1. The number of halogens is 2. The number of carbonyl (C=O) groups is 2. The minimum absolute atomic E-state index is 0.0350. The lowest BCUT2D eigenvalue weighted by Gasteiger charge is -2.39. The van der Waals surface area contributed by atoms with Crippen LogP contribution in [0.3, 0.4) is 0 Å². The quantitative estimate of drug-likeness (QED) is 0.397. The van der Waals surface area contributed by atoms with Crippen LogP contribution in [-0.4, -0.2) is 37.8 Å². The minimum atomic E-state index is -3.32. The van der Waals surface area contributed by atoms with Crippen LogP contribution in [0.15, 0.2) is 57.8 Å². The molecular formula is C29H27F2NO5S. The van der Waals surface area contributed by atoms with Crippen LogP contribution < -0.4 is 5.32 Å². The van der Waals surface area contributed by atoms with Crippen molar-refractivity contribution >= 4 is 32.5 Å². The fraction of sp³-hybridized carbons (Fsp3) is 0.379. The van der Waals surface area contributed by atoms with Gasteiger partial charge in [-0.25, -0.2) is 17.2 Å². The van der Waals surface area contributed by atoms with E-state index in [1.54, 1.807) is 30.3 Å². The number of sulfone groups is 1. The maximum Gasteiger partial charge on any atom is 0.287 e. The number of benzene rings is 2. The summed E-state index contributed by atoms with van der Waals surface area (Å²) in [5, 5.41) is 3.39. The topological polar surface area (TPSA) is 93.5 Å². The Morgan fingerprint density at radius 2 is 1.61 bits per heavy atom. The number of carbonyl (C=O) groups excluding carboxylic acids is 2. The molecule has 2 aliphatic rings. The van der Waals surface area contributed by atoms with Crippen LogP contribution in [0.5, 0.6) is 0 Å². The van der Waals surface area contributed by atoms with E-state index in [1.165, 1.54) is 12.1 Å². The average molecular weight is 540 g/mol. The molecule has 9 heteroatoms. The first kappa shape index (κ1) is 26.1. The zero-order valence-electron chi connectivity index (χ0n) is 20.9. The molecule has 2 saturated carbocycles. The number of amides is 1. The Balaban J connectivity index is 1.39. The second-order valence-corrected chi connectivity index (χ2v) is 12.6. The smallest absolute Gasteiger partial charge is 0.287 e. The molecule has 6 nitrogen and oxygen atoms in total. The predicted octanol–water partition coefficient (Wildman–Crippen LogP) is 5.55. The Hall–Kier alpha value is -3.51. The molecule has 5 rings (SSSR count). The maximum absolute atomic E-state index is 14.0. The number of Topliss-reactive ketones (excluding diaryl/α,β-unsaturated/α-hetero) is 1. The molecule has 0 bridgehead atoms. The van der Waals surface area contributed by atoms with Crippen molar-refractivity contribution in [2.45, 2.75) is 61.3 Å². The molecule has 0 unspecified atom stereocenters. The van der Waals surface area contributed by atoms with Crippen molar-refractivity contribution in [3.05, 3.63) is 54.3 Å². The number of nitrogens with one attached hydrogen (secondary N) is 1. The van der Waals surface area contributed by atoms with Gasteiger partial charge in [0.15, 0.2) is 21.4 Å². The number of rotatable bonds is 7. The highest BCUT2D eigenvalue weighted by Gasteiger charge is 2.52. The summed E-state index contributed by atoms with van der Waals surface area (Å²) in [7, 11) is -3.32. The second-order valence-electron chi connectivity index (χ2n) is 10.6. The summed E-state index contributed by atoms with van der Waals surface area (Å²) < 4.78 is 57.2. The molecule has 2 fully saturated rings. The molecule has 2 aromatic carbocycles. The first-order valence-corrected chi connectivity index (χ1v) is 14.3. The molecule has 1 N–H and O–H groups in total. The number of furan rings is 1. The van der Waals surface area contributed by atoms with Crippen molar-refractivity contribution in [2.75, 3.05) is 6.26 Å². The van der Waals surface area contributed by atoms with Gasteiger partial charge in [-0.15, -0.1) is 6.42 Å². The molecule has 1 amide bonds. The standard InChI is InChI=1S/C29H27F2NO5S/c1-3-27(10-11-27)18-25(33)28(12-14-29(30,31)15-13-28)32-26(34)24-17-21-5-4-20(16-23(21)37-24)19-6-8-22(9-7-19)38(2,35)36/h1,4-9,16-17H,10-15,18H2,2H3,(H,32,34). The number of ketones is 1. The third-order valence-electron chi connectivity index (χ3n) is 7.74. The largest absolute Gasteiger partial charge is 0.451 e.